The molecule has 200 valence electrons. The monoisotopic (exact) mass is 589 g/mol. The van der Waals surface area contributed by atoms with Crippen molar-refractivity contribution >= 4 is 64.0 Å². The summed E-state index contributed by atoms with van der Waals surface area (Å²) in [5.41, 5.74) is 1.32. The molecule has 0 aliphatic carbocycles. The normalized spacial score (nSPS) is 24.0. The first-order valence-electron chi connectivity index (χ1n) is 11.8. The fraction of sp³-hybridized carbons (Fsp3) is 0.440. The highest BCUT2D eigenvalue weighted by molar-refractivity contribution is 6.42. The van der Waals surface area contributed by atoms with Gasteiger partial charge in [-0.25, -0.2) is 4.79 Å². The number of aliphatic hydroxyl groups is 1. The summed E-state index contributed by atoms with van der Waals surface area (Å²) in [5.74, 6) is -0.161. The van der Waals surface area contributed by atoms with Crippen LogP contribution in [0.1, 0.15) is 24.8 Å². The van der Waals surface area contributed by atoms with Crippen LogP contribution in [0.3, 0.4) is 0 Å². The van der Waals surface area contributed by atoms with E-state index in [1.54, 1.807) is 41.3 Å². The zero-order chi connectivity index (χ0) is 26.5. The second-order valence-corrected chi connectivity index (χ2v) is 10.7. The van der Waals surface area contributed by atoms with E-state index in [0.717, 1.165) is 5.56 Å². The lowest BCUT2D eigenvalue weighted by Gasteiger charge is -2.44. The van der Waals surface area contributed by atoms with Crippen LogP contribution in [0.15, 0.2) is 36.4 Å². The standard InChI is InChI=1S/C25H27Cl4N3O5/c26-18-4-1-14(7-20(18)28)10-30-24(34)9-17-3-6-22-23(37-17)13-36-12-16(33)11-32(22)25(35)31-15-2-5-19(27)21(29)8-15/h1-2,4-5,7-8,16-17,22-23,33H,3,6,9-13H2,(H,30,34)(H,31,35). The average molecular weight is 591 g/mol. The Labute approximate surface area is 235 Å². The largest absolute Gasteiger partial charge is 0.389 e. The summed E-state index contributed by atoms with van der Waals surface area (Å²) in [4.78, 5) is 27.4. The summed E-state index contributed by atoms with van der Waals surface area (Å²) in [6, 6.07) is 9.27. The van der Waals surface area contributed by atoms with Crippen LogP contribution < -0.4 is 10.6 Å². The number of rotatable bonds is 5. The van der Waals surface area contributed by atoms with Crippen LogP contribution in [0, 0.1) is 0 Å². The van der Waals surface area contributed by atoms with E-state index in [4.69, 9.17) is 55.9 Å². The number of hydrogen-bond donors (Lipinski definition) is 3. The van der Waals surface area contributed by atoms with Crippen molar-refractivity contribution in [2.75, 3.05) is 25.1 Å². The summed E-state index contributed by atoms with van der Waals surface area (Å²) >= 11 is 24.0. The molecule has 0 radical (unpaired) electrons. The first-order valence-corrected chi connectivity index (χ1v) is 13.4. The van der Waals surface area contributed by atoms with Gasteiger partial charge in [-0.3, -0.25) is 4.79 Å². The molecule has 8 nitrogen and oxygen atoms in total. The van der Waals surface area contributed by atoms with E-state index in [0.29, 0.717) is 45.2 Å². The lowest BCUT2D eigenvalue weighted by Crippen LogP contribution is -2.58. The number of halogens is 4. The number of carbonyl (C=O) groups is 2. The molecule has 3 N–H and O–H groups in total. The Morgan fingerprint density at radius 3 is 2.43 bits per heavy atom. The van der Waals surface area contributed by atoms with Gasteiger partial charge in [-0.15, -0.1) is 0 Å². The molecule has 37 heavy (non-hydrogen) atoms. The Kier molecular flexibility index (Phi) is 9.80. The molecular weight excluding hydrogens is 564 g/mol. The summed E-state index contributed by atoms with van der Waals surface area (Å²) in [6.45, 7) is 0.655. The van der Waals surface area contributed by atoms with Gasteiger partial charge in [0.05, 0.1) is 64.5 Å². The highest BCUT2D eigenvalue weighted by Crippen LogP contribution is 2.30. The number of ether oxygens (including phenoxy) is 2. The third-order valence-corrected chi connectivity index (χ3v) is 7.78. The topological polar surface area (TPSA) is 100 Å². The number of nitrogens with one attached hydrogen (secondary N) is 2. The summed E-state index contributed by atoms with van der Waals surface area (Å²) in [6.07, 6.45) is -0.307. The Morgan fingerprint density at radius 1 is 0.973 bits per heavy atom. The van der Waals surface area contributed by atoms with Crippen molar-refractivity contribution in [1.82, 2.24) is 10.2 Å². The fourth-order valence-corrected chi connectivity index (χ4v) is 5.09. The van der Waals surface area contributed by atoms with E-state index in [1.807, 2.05) is 0 Å². The minimum absolute atomic E-state index is 0.0674. The van der Waals surface area contributed by atoms with E-state index in [2.05, 4.69) is 10.6 Å². The molecule has 0 bridgehead atoms. The van der Waals surface area contributed by atoms with E-state index < -0.39 is 18.2 Å². The van der Waals surface area contributed by atoms with Crippen LogP contribution in [-0.2, 0) is 20.8 Å². The predicted octanol–water partition coefficient (Wildman–Crippen LogP) is 5.15. The smallest absolute Gasteiger partial charge is 0.322 e. The number of benzene rings is 2. The second-order valence-electron chi connectivity index (χ2n) is 9.07. The first kappa shape index (κ1) is 28.2. The van der Waals surface area contributed by atoms with Crippen molar-refractivity contribution in [3.63, 3.8) is 0 Å². The number of aliphatic hydroxyl groups excluding tert-OH is 1. The third-order valence-electron chi connectivity index (χ3n) is 6.30. The Morgan fingerprint density at radius 2 is 1.70 bits per heavy atom. The van der Waals surface area contributed by atoms with Crippen molar-refractivity contribution < 1.29 is 24.2 Å². The highest BCUT2D eigenvalue weighted by atomic mass is 35.5. The molecule has 2 heterocycles. The summed E-state index contributed by atoms with van der Waals surface area (Å²) in [5, 5.41) is 17.6. The number of nitrogens with zero attached hydrogens (tertiary/aromatic N) is 1. The summed E-state index contributed by atoms with van der Waals surface area (Å²) in [7, 11) is 0. The number of β-amino-alcohol motifs (C(OH)–C–C–N with tert-alkyl or cyclic N) is 1. The van der Waals surface area contributed by atoms with Crippen LogP contribution in [0.5, 0.6) is 0 Å². The molecule has 4 rings (SSSR count). The second kappa shape index (κ2) is 12.8. The molecular formula is C25H27Cl4N3O5. The average Bonchev–Trinajstić information content (AvgIpc) is 2.85. The molecule has 0 spiro atoms. The van der Waals surface area contributed by atoms with E-state index >= 15 is 0 Å². The zero-order valence-electron chi connectivity index (χ0n) is 19.8. The van der Waals surface area contributed by atoms with Gasteiger partial charge in [-0.1, -0.05) is 52.5 Å². The van der Waals surface area contributed by atoms with Crippen LogP contribution in [0.2, 0.25) is 20.1 Å². The van der Waals surface area contributed by atoms with Gasteiger partial charge in [0.25, 0.3) is 0 Å². The molecule has 2 fully saturated rings. The zero-order valence-corrected chi connectivity index (χ0v) is 22.8. The first-order chi connectivity index (χ1) is 17.7. The van der Waals surface area contributed by atoms with E-state index in [-0.39, 0.29) is 44.2 Å². The Balaban J connectivity index is 1.36. The number of anilines is 1. The van der Waals surface area contributed by atoms with Crippen molar-refractivity contribution in [3.05, 3.63) is 62.1 Å². The molecule has 2 aliphatic heterocycles. The van der Waals surface area contributed by atoms with Gasteiger partial charge in [-0.05, 0) is 48.7 Å². The van der Waals surface area contributed by atoms with Crippen LogP contribution in [0.4, 0.5) is 10.5 Å². The van der Waals surface area contributed by atoms with E-state index in [1.165, 1.54) is 0 Å². The minimum Gasteiger partial charge on any atom is -0.389 e. The molecule has 2 aromatic rings. The van der Waals surface area contributed by atoms with Gasteiger partial charge in [0, 0.05) is 12.2 Å². The molecule has 0 saturated carbocycles. The molecule has 12 heteroatoms. The van der Waals surface area contributed by atoms with Gasteiger partial charge < -0.3 is 30.1 Å². The SMILES string of the molecule is O=C(CC1CCC2C(COCC(O)CN2C(=O)Nc2ccc(Cl)c(Cl)c2)O1)NCc1ccc(Cl)c(Cl)c1. The molecule has 0 aromatic heterocycles. The number of urea groups is 1. The maximum Gasteiger partial charge on any atom is 0.322 e. The Bertz CT molecular complexity index is 1140. The van der Waals surface area contributed by atoms with Gasteiger partial charge >= 0.3 is 6.03 Å². The quantitative estimate of drug-likeness (QED) is 0.447. The molecule has 2 saturated heterocycles. The van der Waals surface area contributed by atoms with Crippen LogP contribution in [0.25, 0.3) is 0 Å². The number of amides is 3. The number of fused-ring (bicyclic) bond motifs is 1. The number of hydrogen-bond acceptors (Lipinski definition) is 5. The molecule has 2 aliphatic rings. The molecule has 3 amide bonds. The van der Waals surface area contributed by atoms with Gasteiger partial charge in [0.2, 0.25) is 5.91 Å². The Hall–Kier alpha value is -1.78. The van der Waals surface area contributed by atoms with Gasteiger partial charge in [-0.2, -0.15) is 0 Å². The molecule has 2 aromatic carbocycles. The van der Waals surface area contributed by atoms with Crippen LogP contribution in [-0.4, -0.2) is 66.1 Å². The molecule has 4 atom stereocenters. The van der Waals surface area contributed by atoms with Crippen molar-refractivity contribution in [1.29, 1.82) is 0 Å². The maximum atomic E-state index is 13.2. The lowest BCUT2D eigenvalue weighted by atomic mass is 9.95. The van der Waals surface area contributed by atoms with Crippen molar-refractivity contribution in [3.8, 4) is 0 Å². The maximum absolute atomic E-state index is 13.2. The van der Waals surface area contributed by atoms with Crippen LogP contribution >= 0.6 is 46.4 Å². The predicted molar refractivity (Wildman–Crippen MR) is 144 cm³/mol. The van der Waals surface area contributed by atoms with Crippen molar-refractivity contribution in [2.45, 2.75) is 50.2 Å². The van der Waals surface area contributed by atoms with E-state index in [9.17, 15) is 14.7 Å². The number of carbonyl (C=O) groups excluding carboxylic acids is 2. The third kappa shape index (κ3) is 7.63. The highest BCUT2D eigenvalue weighted by Gasteiger charge is 2.40. The lowest BCUT2D eigenvalue weighted by molar-refractivity contribution is -0.149. The fourth-order valence-electron chi connectivity index (χ4n) is 4.47. The van der Waals surface area contributed by atoms with Crippen molar-refractivity contribution in [2.24, 2.45) is 0 Å². The van der Waals surface area contributed by atoms with Gasteiger partial charge in [0.15, 0.2) is 0 Å². The summed E-state index contributed by atoms with van der Waals surface area (Å²) < 4.78 is 11.8. The van der Waals surface area contributed by atoms with Gasteiger partial charge in [0.1, 0.15) is 6.10 Å². The minimum atomic E-state index is -0.842. The molecule has 4 unspecified atom stereocenters.